The Balaban J connectivity index is 1.63. The first-order valence-corrected chi connectivity index (χ1v) is 6.34. The minimum Gasteiger partial charge on any atom is -0.444 e. The maximum absolute atomic E-state index is 13.2. The maximum Gasteiger partial charge on any atom is 0.411 e. The molecule has 2 N–H and O–H groups in total. The van der Waals surface area contributed by atoms with Crippen LogP contribution in [0, 0.1) is 5.95 Å². The molecule has 0 aliphatic heterocycles. The first-order chi connectivity index (χ1) is 10.2. The second-order valence-corrected chi connectivity index (χ2v) is 4.46. The fraction of sp³-hybridized carbons (Fsp3) is 0.0667. The van der Waals surface area contributed by atoms with Gasteiger partial charge in [0.15, 0.2) is 0 Å². The monoisotopic (exact) mass is 285 g/mol. The molecular formula is C15H12FN3O2. The van der Waals surface area contributed by atoms with Crippen molar-refractivity contribution in [1.29, 1.82) is 0 Å². The van der Waals surface area contributed by atoms with Crippen LogP contribution in [0.5, 0.6) is 0 Å². The van der Waals surface area contributed by atoms with E-state index >= 15 is 0 Å². The van der Waals surface area contributed by atoms with Gasteiger partial charge in [-0.25, -0.2) is 4.79 Å². The van der Waals surface area contributed by atoms with Crippen molar-refractivity contribution in [2.45, 2.75) is 6.61 Å². The Morgan fingerprint density at radius 1 is 1.24 bits per heavy atom. The van der Waals surface area contributed by atoms with Gasteiger partial charge >= 0.3 is 6.09 Å². The lowest BCUT2D eigenvalue weighted by molar-refractivity contribution is 0.155. The molecule has 1 heterocycles. The van der Waals surface area contributed by atoms with Crippen molar-refractivity contribution in [2.75, 3.05) is 5.32 Å². The normalized spacial score (nSPS) is 10.5. The number of carbonyl (C=O) groups is 1. The minimum atomic E-state index is -0.575. The summed E-state index contributed by atoms with van der Waals surface area (Å²) < 4.78 is 18.3. The summed E-state index contributed by atoms with van der Waals surface area (Å²) in [6.45, 7) is 0.186. The molecule has 0 aliphatic carbocycles. The van der Waals surface area contributed by atoms with Crippen LogP contribution in [-0.2, 0) is 11.3 Å². The van der Waals surface area contributed by atoms with Crippen molar-refractivity contribution >= 4 is 22.7 Å². The van der Waals surface area contributed by atoms with Crippen molar-refractivity contribution in [2.24, 2.45) is 0 Å². The number of aromatic amines is 1. The molecule has 0 saturated carbocycles. The van der Waals surface area contributed by atoms with Gasteiger partial charge in [0.25, 0.3) is 0 Å². The molecule has 3 aromatic rings. The first-order valence-electron chi connectivity index (χ1n) is 6.34. The molecule has 5 nitrogen and oxygen atoms in total. The van der Waals surface area contributed by atoms with Crippen molar-refractivity contribution in [1.82, 2.24) is 10.2 Å². The molecule has 0 aliphatic rings. The molecule has 0 saturated heterocycles. The van der Waals surface area contributed by atoms with Gasteiger partial charge < -0.3 is 4.74 Å². The molecule has 0 radical (unpaired) electrons. The lowest BCUT2D eigenvalue weighted by atomic mass is 10.2. The third-order valence-corrected chi connectivity index (χ3v) is 2.97. The topological polar surface area (TPSA) is 67.0 Å². The van der Waals surface area contributed by atoms with E-state index < -0.39 is 12.0 Å². The summed E-state index contributed by atoms with van der Waals surface area (Å²) in [5.41, 5.74) is 1.83. The number of carbonyl (C=O) groups excluding carboxylic acids is 1. The van der Waals surface area contributed by atoms with Gasteiger partial charge in [-0.3, -0.25) is 10.4 Å². The van der Waals surface area contributed by atoms with E-state index in [1.165, 1.54) is 0 Å². The summed E-state index contributed by atoms with van der Waals surface area (Å²) in [5, 5.41) is 8.98. The maximum atomic E-state index is 13.2. The van der Waals surface area contributed by atoms with Gasteiger partial charge in [0.05, 0.1) is 10.9 Å². The van der Waals surface area contributed by atoms with Crippen molar-refractivity contribution in [3.8, 4) is 0 Å². The van der Waals surface area contributed by atoms with Crippen LogP contribution < -0.4 is 5.32 Å². The number of H-pyrrole nitrogens is 1. The molecule has 1 amide bonds. The molecule has 21 heavy (non-hydrogen) atoms. The second-order valence-electron chi connectivity index (χ2n) is 4.46. The third kappa shape index (κ3) is 3.00. The van der Waals surface area contributed by atoms with Crippen LogP contribution in [0.25, 0.3) is 10.9 Å². The smallest absolute Gasteiger partial charge is 0.411 e. The van der Waals surface area contributed by atoms with Crippen LogP contribution in [-0.4, -0.2) is 16.3 Å². The zero-order valence-electron chi connectivity index (χ0n) is 11.0. The predicted octanol–water partition coefficient (Wildman–Crippen LogP) is 3.45. The zero-order valence-corrected chi connectivity index (χ0v) is 11.0. The van der Waals surface area contributed by atoms with E-state index in [0.717, 1.165) is 5.56 Å². The largest absolute Gasteiger partial charge is 0.444 e. The number of rotatable bonds is 3. The van der Waals surface area contributed by atoms with Crippen LogP contribution in [0.2, 0.25) is 0 Å². The van der Waals surface area contributed by atoms with Gasteiger partial charge in [-0.05, 0) is 23.8 Å². The summed E-state index contributed by atoms with van der Waals surface area (Å²) in [6, 6.07) is 14.1. The molecule has 1 aromatic heterocycles. The summed E-state index contributed by atoms with van der Waals surface area (Å²) in [6.07, 6.45) is -0.575. The molecule has 0 fully saturated rings. The van der Waals surface area contributed by atoms with Crippen LogP contribution in [0.15, 0.2) is 48.5 Å². The molecule has 0 atom stereocenters. The highest BCUT2D eigenvalue weighted by Gasteiger charge is 2.08. The summed E-state index contributed by atoms with van der Waals surface area (Å²) in [5.74, 6) is -0.497. The Bertz CT molecular complexity index is 771. The van der Waals surface area contributed by atoms with E-state index in [1.807, 2.05) is 30.3 Å². The van der Waals surface area contributed by atoms with E-state index in [0.29, 0.717) is 16.6 Å². The Morgan fingerprint density at radius 2 is 2.05 bits per heavy atom. The van der Waals surface area contributed by atoms with Crippen molar-refractivity contribution in [3.05, 3.63) is 60.0 Å². The van der Waals surface area contributed by atoms with E-state index in [9.17, 15) is 9.18 Å². The number of aromatic nitrogens is 2. The highest BCUT2D eigenvalue weighted by molar-refractivity contribution is 5.89. The molecule has 2 aromatic carbocycles. The summed E-state index contributed by atoms with van der Waals surface area (Å²) >= 11 is 0. The zero-order chi connectivity index (χ0) is 14.7. The quantitative estimate of drug-likeness (QED) is 0.774. The Labute approximate surface area is 119 Å². The Morgan fingerprint density at radius 3 is 2.86 bits per heavy atom. The van der Waals surface area contributed by atoms with Crippen molar-refractivity contribution < 1.29 is 13.9 Å². The first kappa shape index (κ1) is 13.1. The molecule has 0 bridgehead atoms. The number of benzene rings is 2. The van der Waals surface area contributed by atoms with E-state index in [1.54, 1.807) is 18.2 Å². The number of fused-ring (bicyclic) bond motifs is 1. The number of ether oxygens (including phenoxy) is 1. The van der Waals surface area contributed by atoms with Crippen LogP contribution in [0.4, 0.5) is 14.9 Å². The van der Waals surface area contributed by atoms with Gasteiger partial charge in [-0.2, -0.15) is 9.49 Å². The second kappa shape index (κ2) is 5.62. The standard InChI is InChI=1S/C15H12FN3O2/c16-14-12-7-6-11(8-13(12)18-19-14)17-15(20)21-9-10-4-2-1-3-5-10/h1-8H,9H2,(H,17,20)(H,18,19). The van der Waals surface area contributed by atoms with Gasteiger partial charge in [-0.1, -0.05) is 30.3 Å². The van der Waals surface area contributed by atoms with Gasteiger partial charge in [0, 0.05) is 5.69 Å². The number of anilines is 1. The molecule has 3 rings (SSSR count). The SMILES string of the molecule is O=C(Nc1ccc2c(F)[nH]nc2c1)OCc1ccccc1. The number of nitrogens with zero attached hydrogens (tertiary/aromatic N) is 1. The fourth-order valence-corrected chi connectivity index (χ4v) is 1.93. The van der Waals surface area contributed by atoms with E-state index in [2.05, 4.69) is 15.5 Å². The summed E-state index contributed by atoms with van der Waals surface area (Å²) in [7, 11) is 0. The van der Waals surface area contributed by atoms with Gasteiger partial charge in [-0.15, -0.1) is 0 Å². The highest BCUT2D eigenvalue weighted by Crippen LogP contribution is 2.19. The highest BCUT2D eigenvalue weighted by atomic mass is 19.1. The number of amides is 1. The van der Waals surface area contributed by atoms with E-state index in [4.69, 9.17) is 4.74 Å². The van der Waals surface area contributed by atoms with Crippen molar-refractivity contribution in [3.63, 3.8) is 0 Å². The van der Waals surface area contributed by atoms with E-state index in [-0.39, 0.29) is 6.61 Å². The Kier molecular flexibility index (Phi) is 3.51. The van der Waals surface area contributed by atoms with Crippen LogP contribution in [0.1, 0.15) is 5.56 Å². The molecule has 0 unspecified atom stereocenters. The predicted molar refractivity (Wildman–Crippen MR) is 76.3 cm³/mol. The Hall–Kier alpha value is -2.89. The minimum absolute atomic E-state index is 0.186. The number of hydrogen-bond donors (Lipinski definition) is 2. The molecule has 6 heteroatoms. The molecule has 0 spiro atoms. The number of hydrogen-bond acceptors (Lipinski definition) is 3. The molecule has 106 valence electrons. The third-order valence-electron chi connectivity index (χ3n) is 2.97. The van der Waals surface area contributed by atoms with Gasteiger partial charge in [0.1, 0.15) is 6.61 Å². The lowest BCUT2D eigenvalue weighted by Gasteiger charge is -2.07. The average molecular weight is 285 g/mol. The average Bonchev–Trinajstić information content (AvgIpc) is 2.87. The molecular weight excluding hydrogens is 273 g/mol. The van der Waals surface area contributed by atoms with Crippen LogP contribution in [0.3, 0.4) is 0 Å². The lowest BCUT2D eigenvalue weighted by Crippen LogP contribution is -2.13. The number of nitrogens with one attached hydrogen (secondary N) is 2. The van der Waals surface area contributed by atoms with Crippen LogP contribution >= 0.6 is 0 Å². The van der Waals surface area contributed by atoms with Gasteiger partial charge in [0.2, 0.25) is 5.95 Å². The summed E-state index contributed by atoms with van der Waals surface area (Å²) in [4.78, 5) is 11.7. The number of halogens is 1. The fourth-order valence-electron chi connectivity index (χ4n) is 1.93.